The van der Waals surface area contributed by atoms with E-state index in [1.807, 2.05) is 0 Å². The molecule has 0 spiro atoms. The summed E-state index contributed by atoms with van der Waals surface area (Å²) in [6.45, 7) is 13.1. The Morgan fingerprint density at radius 1 is 1.05 bits per heavy atom. The van der Waals surface area contributed by atoms with Crippen molar-refractivity contribution in [1.29, 1.82) is 0 Å². The number of nitrogens with zero attached hydrogens (tertiary/aromatic N) is 1. The quantitative estimate of drug-likeness (QED) is 0.596. The molecule has 0 saturated carbocycles. The minimum absolute atomic E-state index is 0.721. The lowest BCUT2D eigenvalue weighted by Gasteiger charge is -2.41. The Bertz CT molecular complexity index is 227. The normalized spacial score (nSPS) is 24.4. The Morgan fingerprint density at radius 3 is 2.40 bits per heavy atom. The van der Waals surface area contributed by atoms with E-state index in [9.17, 15) is 0 Å². The van der Waals surface area contributed by atoms with Crippen LogP contribution in [0.2, 0.25) is 0 Å². The van der Waals surface area contributed by atoms with E-state index in [2.05, 4.69) is 37.9 Å². The first kappa shape index (κ1) is 18.0. The molecule has 2 nitrogen and oxygen atoms in total. The van der Waals surface area contributed by atoms with Crippen molar-refractivity contribution in [2.45, 2.75) is 91.1 Å². The number of rotatable bonds is 10. The van der Waals surface area contributed by atoms with Gasteiger partial charge in [-0.3, -0.25) is 4.90 Å². The fourth-order valence-electron chi connectivity index (χ4n) is 3.35. The lowest BCUT2D eigenvalue weighted by molar-refractivity contribution is 0.110. The molecule has 1 N–H and O–H groups in total. The van der Waals surface area contributed by atoms with Gasteiger partial charge < -0.3 is 5.32 Å². The van der Waals surface area contributed by atoms with Crippen molar-refractivity contribution in [3.8, 4) is 0 Å². The number of unbranched alkanes of at least 4 members (excludes halogenated alkanes) is 5. The summed E-state index contributed by atoms with van der Waals surface area (Å²) in [6, 6.07) is 1.49. The highest BCUT2D eigenvalue weighted by atomic mass is 15.2. The monoisotopic (exact) mass is 282 g/mol. The Kier molecular flexibility index (Phi) is 9.54. The van der Waals surface area contributed by atoms with E-state index in [-0.39, 0.29) is 0 Å². The van der Waals surface area contributed by atoms with Gasteiger partial charge in [0.25, 0.3) is 0 Å². The second-order valence-electron chi connectivity index (χ2n) is 7.06. The molecule has 2 heteroatoms. The van der Waals surface area contributed by atoms with E-state index in [0.717, 1.165) is 18.0 Å². The first-order valence-corrected chi connectivity index (χ1v) is 9.14. The first-order chi connectivity index (χ1) is 9.67. The molecular weight excluding hydrogens is 244 g/mol. The summed E-state index contributed by atoms with van der Waals surface area (Å²) < 4.78 is 0. The fraction of sp³-hybridized carbons (Fsp3) is 1.00. The van der Waals surface area contributed by atoms with Crippen LogP contribution in [-0.4, -0.2) is 36.6 Å². The first-order valence-electron chi connectivity index (χ1n) is 9.14. The van der Waals surface area contributed by atoms with Gasteiger partial charge in [-0.05, 0) is 31.7 Å². The summed E-state index contributed by atoms with van der Waals surface area (Å²) in [4.78, 5) is 2.78. The maximum Gasteiger partial charge on any atom is 0.0223 e. The molecule has 0 aromatic heterocycles. The second-order valence-corrected chi connectivity index (χ2v) is 7.06. The number of hydrogen-bond donors (Lipinski definition) is 1. The zero-order chi connectivity index (χ0) is 14.8. The topological polar surface area (TPSA) is 15.3 Å². The third-order valence-corrected chi connectivity index (χ3v) is 4.65. The summed E-state index contributed by atoms with van der Waals surface area (Å²) in [7, 11) is 0. The molecule has 1 aliphatic heterocycles. The van der Waals surface area contributed by atoms with Crippen LogP contribution < -0.4 is 5.32 Å². The molecule has 0 aromatic carbocycles. The predicted octanol–water partition coefficient (Wildman–Crippen LogP) is 4.45. The van der Waals surface area contributed by atoms with Crippen LogP contribution in [0.1, 0.15) is 79.1 Å². The van der Waals surface area contributed by atoms with E-state index in [1.54, 1.807) is 0 Å². The Hall–Kier alpha value is -0.0800. The van der Waals surface area contributed by atoms with E-state index in [1.165, 1.54) is 71.0 Å². The van der Waals surface area contributed by atoms with Crippen LogP contribution >= 0.6 is 0 Å². The van der Waals surface area contributed by atoms with Crippen molar-refractivity contribution in [2.24, 2.45) is 5.92 Å². The molecule has 0 radical (unpaired) electrons. The predicted molar refractivity (Wildman–Crippen MR) is 90.3 cm³/mol. The molecule has 2 atom stereocenters. The van der Waals surface area contributed by atoms with Gasteiger partial charge in [0.15, 0.2) is 0 Å². The maximum atomic E-state index is 3.73. The lowest BCUT2D eigenvalue weighted by Crippen LogP contribution is -2.56. The standard InChI is InChI=1S/C18H38N2/c1-5-7-8-9-10-11-12-20-15-17(6-2)19-14-18(20)13-16(3)4/h16-19H,5-15H2,1-4H3. The van der Waals surface area contributed by atoms with Crippen molar-refractivity contribution < 1.29 is 0 Å². The van der Waals surface area contributed by atoms with Crippen LogP contribution in [0.15, 0.2) is 0 Å². The summed E-state index contributed by atoms with van der Waals surface area (Å²) >= 11 is 0. The molecule has 1 saturated heterocycles. The van der Waals surface area contributed by atoms with Crippen LogP contribution in [0.5, 0.6) is 0 Å². The van der Waals surface area contributed by atoms with Gasteiger partial charge in [-0.25, -0.2) is 0 Å². The van der Waals surface area contributed by atoms with E-state index < -0.39 is 0 Å². The van der Waals surface area contributed by atoms with E-state index in [4.69, 9.17) is 0 Å². The van der Waals surface area contributed by atoms with E-state index in [0.29, 0.717) is 0 Å². The highest BCUT2D eigenvalue weighted by Gasteiger charge is 2.26. The average molecular weight is 283 g/mol. The molecule has 0 aromatic rings. The molecule has 0 aliphatic carbocycles. The molecular formula is C18H38N2. The third kappa shape index (κ3) is 7.08. The van der Waals surface area contributed by atoms with Gasteiger partial charge in [0, 0.05) is 25.2 Å². The zero-order valence-electron chi connectivity index (χ0n) is 14.5. The fourth-order valence-corrected chi connectivity index (χ4v) is 3.35. The van der Waals surface area contributed by atoms with E-state index >= 15 is 0 Å². The zero-order valence-corrected chi connectivity index (χ0v) is 14.5. The second kappa shape index (κ2) is 10.6. The molecule has 20 heavy (non-hydrogen) atoms. The van der Waals surface area contributed by atoms with Crippen molar-refractivity contribution in [2.75, 3.05) is 19.6 Å². The highest BCUT2D eigenvalue weighted by Crippen LogP contribution is 2.17. The van der Waals surface area contributed by atoms with Crippen LogP contribution in [0.25, 0.3) is 0 Å². The lowest BCUT2D eigenvalue weighted by atomic mass is 9.98. The van der Waals surface area contributed by atoms with Gasteiger partial charge >= 0.3 is 0 Å². The van der Waals surface area contributed by atoms with Crippen molar-refractivity contribution in [3.05, 3.63) is 0 Å². The number of hydrogen-bond acceptors (Lipinski definition) is 2. The van der Waals surface area contributed by atoms with Crippen LogP contribution in [0.4, 0.5) is 0 Å². The van der Waals surface area contributed by atoms with Crippen LogP contribution in [-0.2, 0) is 0 Å². The summed E-state index contributed by atoms with van der Waals surface area (Å²) in [5.41, 5.74) is 0. The van der Waals surface area contributed by atoms with Crippen molar-refractivity contribution >= 4 is 0 Å². The Balaban J connectivity index is 2.28. The number of piperazine rings is 1. The van der Waals surface area contributed by atoms with Crippen LogP contribution in [0, 0.1) is 5.92 Å². The molecule has 2 unspecified atom stereocenters. The summed E-state index contributed by atoms with van der Waals surface area (Å²) in [6.07, 6.45) is 11.1. The molecule has 1 fully saturated rings. The van der Waals surface area contributed by atoms with Gasteiger partial charge in [0.1, 0.15) is 0 Å². The van der Waals surface area contributed by atoms with Crippen molar-refractivity contribution in [1.82, 2.24) is 10.2 Å². The molecule has 1 heterocycles. The summed E-state index contributed by atoms with van der Waals surface area (Å²) in [5, 5.41) is 3.73. The smallest absolute Gasteiger partial charge is 0.0223 e. The molecule has 0 bridgehead atoms. The molecule has 120 valence electrons. The number of nitrogens with one attached hydrogen (secondary N) is 1. The molecule has 1 rings (SSSR count). The minimum Gasteiger partial charge on any atom is -0.311 e. The third-order valence-electron chi connectivity index (χ3n) is 4.65. The molecule has 1 aliphatic rings. The van der Waals surface area contributed by atoms with Gasteiger partial charge in [-0.1, -0.05) is 59.8 Å². The van der Waals surface area contributed by atoms with Crippen LogP contribution in [0.3, 0.4) is 0 Å². The summed E-state index contributed by atoms with van der Waals surface area (Å²) in [5.74, 6) is 0.812. The van der Waals surface area contributed by atoms with Gasteiger partial charge in [0.05, 0.1) is 0 Å². The Labute approximate surface area is 127 Å². The minimum atomic E-state index is 0.721. The highest BCUT2D eigenvalue weighted by molar-refractivity contribution is 4.86. The van der Waals surface area contributed by atoms with Gasteiger partial charge in [-0.2, -0.15) is 0 Å². The maximum absolute atomic E-state index is 3.73. The van der Waals surface area contributed by atoms with Gasteiger partial charge in [-0.15, -0.1) is 0 Å². The Morgan fingerprint density at radius 2 is 1.75 bits per heavy atom. The average Bonchev–Trinajstić information content (AvgIpc) is 2.43. The SMILES string of the molecule is CCCCCCCCN1CC(CC)NCC1CC(C)C. The largest absolute Gasteiger partial charge is 0.311 e. The van der Waals surface area contributed by atoms with Crippen molar-refractivity contribution in [3.63, 3.8) is 0 Å². The molecule has 0 amide bonds. The van der Waals surface area contributed by atoms with Gasteiger partial charge in [0.2, 0.25) is 0 Å².